The van der Waals surface area contributed by atoms with Crippen molar-refractivity contribution in [1.82, 2.24) is 0 Å². The van der Waals surface area contributed by atoms with E-state index in [0.717, 1.165) is 24.8 Å². The second kappa shape index (κ2) is 8.98. The lowest BCUT2D eigenvalue weighted by Crippen LogP contribution is -2.20. The van der Waals surface area contributed by atoms with Gasteiger partial charge < -0.3 is 15.4 Å². The number of aryl methyl sites for hydroxylation is 1. The number of hydrogen-bond acceptors (Lipinski definition) is 5. The maximum Gasteiger partial charge on any atom is 0.262 e. The molecule has 0 unspecified atom stereocenters. The summed E-state index contributed by atoms with van der Waals surface area (Å²) in [6.07, 6.45) is 2.87. The number of rotatable bonds is 6. The van der Waals surface area contributed by atoms with Gasteiger partial charge in [0.1, 0.15) is 22.6 Å². The molecule has 0 bridgehead atoms. The first-order chi connectivity index (χ1) is 15.0. The number of benzene rings is 2. The molecule has 4 rings (SSSR count). The minimum absolute atomic E-state index is 0.214. The Hall–Kier alpha value is -3.70. The molecule has 1 aromatic heterocycles. The van der Waals surface area contributed by atoms with Gasteiger partial charge in [0.15, 0.2) is 6.61 Å². The minimum Gasteiger partial charge on any atom is -0.484 e. The molecule has 0 fully saturated rings. The minimum atomic E-state index is -0.379. The van der Waals surface area contributed by atoms with Crippen LogP contribution in [0.25, 0.3) is 0 Å². The fraction of sp³-hybridized carbons (Fsp3) is 0.174. The van der Waals surface area contributed by atoms with E-state index in [-0.39, 0.29) is 24.2 Å². The van der Waals surface area contributed by atoms with Crippen molar-refractivity contribution in [2.24, 2.45) is 0 Å². The van der Waals surface area contributed by atoms with Gasteiger partial charge >= 0.3 is 0 Å². The number of anilines is 2. The van der Waals surface area contributed by atoms with Gasteiger partial charge in [-0.2, -0.15) is 5.26 Å². The molecule has 3 aromatic rings. The van der Waals surface area contributed by atoms with E-state index < -0.39 is 0 Å². The molecule has 0 radical (unpaired) electrons. The predicted octanol–water partition coefficient (Wildman–Crippen LogP) is 4.52. The van der Waals surface area contributed by atoms with E-state index >= 15 is 0 Å². The van der Waals surface area contributed by atoms with E-state index in [9.17, 15) is 19.2 Å². The third kappa shape index (κ3) is 4.73. The molecule has 1 aliphatic carbocycles. The molecule has 0 saturated heterocycles. The number of nitrogens with one attached hydrogen (secondary N) is 2. The molecule has 1 aliphatic rings. The van der Waals surface area contributed by atoms with Gasteiger partial charge in [0.25, 0.3) is 11.8 Å². The van der Waals surface area contributed by atoms with Crippen LogP contribution in [-0.4, -0.2) is 18.4 Å². The number of fused-ring (bicyclic) bond motifs is 1. The molecule has 0 aliphatic heterocycles. The second-order valence-electron chi connectivity index (χ2n) is 7.00. The monoisotopic (exact) mass is 435 g/mol. The summed E-state index contributed by atoms with van der Waals surface area (Å²) in [4.78, 5) is 25.7. The molecule has 2 aromatic carbocycles. The summed E-state index contributed by atoms with van der Waals surface area (Å²) in [5.74, 6) is -0.640. The summed E-state index contributed by atoms with van der Waals surface area (Å²) in [5, 5.41) is 15.4. The Morgan fingerprint density at radius 1 is 1.06 bits per heavy atom. The number of nitriles is 1. The van der Waals surface area contributed by atoms with Gasteiger partial charge in [-0.1, -0.05) is 0 Å². The number of thiophene rings is 1. The lowest BCUT2D eigenvalue weighted by atomic mass is 10.1. The molecule has 0 saturated carbocycles. The highest BCUT2D eigenvalue weighted by Gasteiger charge is 2.23. The summed E-state index contributed by atoms with van der Waals surface area (Å²) in [7, 11) is 0. The molecule has 0 spiro atoms. The Bertz CT molecular complexity index is 1160. The summed E-state index contributed by atoms with van der Waals surface area (Å²) < 4.78 is 18.4. The Morgan fingerprint density at radius 3 is 2.52 bits per heavy atom. The standard InChI is InChI=1S/C23H18FN3O3S/c24-15-6-8-16(9-7-15)26-22(29)14-4-10-17(11-5-14)30-13-21(28)27-23-19(12-25)18-2-1-3-20(18)31-23/h4-11H,1-3,13H2,(H,26,29)(H,27,28). The smallest absolute Gasteiger partial charge is 0.262 e. The second-order valence-corrected chi connectivity index (χ2v) is 8.10. The molecule has 156 valence electrons. The maximum absolute atomic E-state index is 12.9. The number of halogens is 1. The number of carbonyl (C=O) groups is 2. The molecule has 2 N–H and O–H groups in total. The first-order valence-corrected chi connectivity index (χ1v) is 10.5. The van der Waals surface area contributed by atoms with Crippen molar-refractivity contribution in [1.29, 1.82) is 5.26 Å². The van der Waals surface area contributed by atoms with E-state index in [0.29, 0.717) is 27.6 Å². The molecular formula is C23H18FN3O3S. The van der Waals surface area contributed by atoms with Gasteiger partial charge in [0, 0.05) is 16.1 Å². The molecular weight excluding hydrogens is 417 g/mol. The van der Waals surface area contributed by atoms with Gasteiger partial charge in [0.2, 0.25) is 0 Å². The highest BCUT2D eigenvalue weighted by atomic mass is 32.1. The van der Waals surface area contributed by atoms with E-state index in [1.807, 2.05) is 0 Å². The van der Waals surface area contributed by atoms with Crippen LogP contribution in [0.3, 0.4) is 0 Å². The van der Waals surface area contributed by atoms with Gasteiger partial charge in [-0.3, -0.25) is 9.59 Å². The highest BCUT2D eigenvalue weighted by Crippen LogP contribution is 2.38. The van der Waals surface area contributed by atoms with Crippen molar-refractivity contribution >= 4 is 33.8 Å². The Morgan fingerprint density at radius 2 is 1.81 bits per heavy atom. The van der Waals surface area contributed by atoms with Gasteiger partial charge in [-0.05, 0) is 73.4 Å². The molecule has 2 amide bonds. The molecule has 0 atom stereocenters. The summed E-state index contributed by atoms with van der Waals surface area (Å²) in [5.41, 5.74) is 2.49. The zero-order chi connectivity index (χ0) is 21.8. The average Bonchev–Trinajstić information content (AvgIpc) is 3.35. The number of amides is 2. The van der Waals surface area contributed by atoms with Crippen molar-refractivity contribution in [3.63, 3.8) is 0 Å². The van der Waals surface area contributed by atoms with Crippen molar-refractivity contribution in [2.75, 3.05) is 17.2 Å². The molecule has 31 heavy (non-hydrogen) atoms. The molecule has 1 heterocycles. The van der Waals surface area contributed by atoms with Crippen LogP contribution >= 0.6 is 11.3 Å². The van der Waals surface area contributed by atoms with Crippen LogP contribution in [0.5, 0.6) is 5.75 Å². The van der Waals surface area contributed by atoms with E-state index in [1.165, 1.54) is 40.5 Å². The number of carbonyl (C=O) groups excluding carboxylic acids is 2. The third-order valence-electron chi connectivity index (χ3n) is 4.87. The Balaban J connectivity index is 1.31. The summed E-state index contributed by atoms with van der Waals surface area (Å²) in [6, 6.07) is 14.0. The average molecular weight is 435 g/mol. The van der Waals surface area contributed by atoms with Crippen LogP contribution in [-0.2, 0) is 17.6 Å². The van der Waals surface area contributed by atoms with Crippen LogP contribution in [0, 0.1) is 17.1 Å². The number of nitrogens with zero attached hydrogens (tertiary/aromatic N) is 1. The topological polar surface area (TPSA) is 91.2 Å². The summed E-state index contributed by atoms with van der Waals surface area (Å²) >= 11 is 1.45. The van der Waals surface area contributed by atoms with Crippen molar-refractivity contribution in [2.45, 2.75) is 19.3 Å². The lowest BCUT2D eigenvalue weighted by molar-refractivity contribution is -0.118. The fourth-order valence-electron chi connectivity index (χ4n) is 3.36. The molecule has 8 heteroatoms. The number of ether oxygens (including phenoxy) is 1. The number of hydrogen-bond donors (Lipinski definition) is 2. The van der Waals surface area contributed by atoms with Gasteiger partial charge in [0.05, 0.1) is 5.56 Å². The largest absolute Gasteiger partial charge is 0.484 e. The Kier molecular flexibility index (Phi) is 5.96. The van der Waals surface area contributed by atoms with Crippen molar-refractivity contribution in [3.8, 4) is 11.8 Å². The molecule has 6 nitrogen and oxygen atoms in total. The van der Waals surface area contributed by atoms with Crippen LogP contribution in [0.1, 0.15) is 32.8 Å². The van der Waals surface area contributed by atoms with Gasteiger partial charge in [-0.25, -0.2) is 4.39 Å². The van der Waals surface area contributed by atoms with Gasteiger partial charge in [-0.15, -0.1) is 11.3 Å². The quantitative estimate of drug-likeness (QED) is 0.596. The SMILES string of the molecule is N#Cc1c(NC(=O)COc2ccc(C(=O)Nc3ccc(F)cc3)cc2)sc2c1CCC2. The zero-order valence-electron chi connectivity index (χ0n) is 16.4. The van der Waals surface area contributed by atoms with Crippen molar-refractivity contribution in [3.05, 3.63) is 75.9 Å². The first-order valence-electron chi connectivity index (χ1n) is 9.68. The van der Waals surface area contributed by atoms with Crippen LogP contribution in [0.2, 0.25) is 0 Å². The summed E-state index contributed by atoms with van der Waals surface area (Å²) in [6.45, 7) is -0.214. The Labute approximate surface area is 182 Å². The fourth-order valence-corrected chi connectivity index (χ4v) is 4.62. The van der Waals surface area contributed by atoms with Crippen molar-refractivity contribution < 1.29 is 18.7 Å². The third-order valence-corrected chi connectivity index (χ3v) is 6.08. The van der Waals surface area contributed by atoms with Crippen LogP contribution < -0.4 is 15.4 Å². The lowest BCUT2D eigenvalue weighted by Gasteiger charge is -2.08. The van der Waals surface area contributed by atoms with Crippen LogP contribution in [0.4, 0.5) is 15.1 Å². The van der Waals surface area contributed by atoms with E-state index in [4.69, 9.17) is 4.74 Å². The normalized spacial score (nSPS) is 12.0. The van der Waals surface area contributed by atoms with E-state index in [2.05, 4.69) is 16.7 Å². The zero-order valence-corrected chi connectivity index (χ0v) is 17.2. The maximum atomic E-state index is 12.9. The first kappa shape index (κ1) is 20.6. The van der Waals surface area contributed by atoms with Crippen LogP contribution in [0.15, 0.2) is 48.5 Å². The van der Waals surface area contributed by atoms with E-state index in [1.54, 1.807) is 24.3 Å². The predicted molar refractivity (Wildman–Crippen MR) is 116 cm³/mol. The highest BCUT2D eigenvalue weighted by molar-refractivity contribution is 7.16.